The molecule has 0 spiro atoms. The summed E-state index contributed by atoms with van der Waals surface area (Å²) in [4.78, 5) is 6.60. The molecule has 5 nitrogen and oxygen atoms in total. The number of hydrogen-bond donors (Lipinski definition) is 1. The van der Waals surface area contributed by atoms with E-state index < -0.39 is 0 Å². The lowest BCUT2D eigenvalue weighted by Gasteiger charge is -2.29. The Morgan fingerprint density at radius 1 is 1.38 bits per heavy atom. The van der Waals surface area contributed by atoms with E-state index in [1.54, 1.807) is 7.11 Å². The molecule has 1 saturated heterocycles. The van der Waals surface area contributed by atoms with Gasteiger partial charge in [-0.15, -0.1) is 0 Å². The monoisotopic (exact) mass is 289 g/mol. The number of hydrogen-bond acceptors (Lipinski definition) is 5. The summed E-state index contributed by atoms with van der Waals surface area (Å²) in [5, 5.41) is 0. The molecule has 21 heavy (non-hydrogen) atoms. The smallest absolute Gasteiger partial charge is 0.192 e. The lowest BCUT2D eigenvalue weighted by Crippen LogP contribution is -2.41. The van der Waals surface area contributed by atoms with Crippen LogP contribution in [0.15, 0.2) is 29.3 Å². The van der Waals surface area contributed by atoms with E-state index in [4.69, 9.17) is 15.2 Å². The van der Waals surface area contributed by atoms with Crippen molar-refractivity contribution in [1.29, 1.82) is 0 Å². The number of methoxy groups -OCH3 is 1. The maximum absolute atomic E-state index is 6.06. The van der Waals surface area contributed by atoms with Crippen LogP contribution in [0, 0.1) is 0 Å². The minimum Gasteiger partial charge on any atom is -0.380 e. The van der Waals surface area contributed by atoms with E-state index in [0.717, 1.165) is 32.5 Å². The summed E-state index contributed by atoms with van der Waals surface area (Å²) in [6.07, 6.45) is 2.54. The van der Waals surface area contributed by atoms with Crippen molar-refractivity contribution in [2.24, 2.45) is 10.7 Å². The second-order valence-corrected chi connectivity index (χ2v) is 5.68. The van der Waals surface area contributed by atoms with Gasteiger partial charge in [-0.3, -0.25) is 4.99 Å². The highest BCUT2D eigenvalue weighted by Crippen LogP contribution is 2.27. The quantitative estimate of drug-likeness (QED) is 0.896. The largest absolute Gasteiger partial charge is 0.380 e. The Morgan fingerprint density at radius 2 is 2.19 bits per heavy atom. The fourth-order valence-corrected chi connectivity index (χ4v) is 3.05. The minimum absolute atomic E-state index is 0.228. The Morgan fingerprint density at radius 3 is 2.86 bits per heavy atom. The Balaban J connectivity index is 1.70. The molecule has 0 bridgehead atoms. The molecule has 2 heterocycles. The van der Waals surface area contributed by atoms with Crippen LogP contribution < -0.4 is 5.73 Å². The second-order valence-electron chi connectivity index (χ2n) is 5.68. The molecule has 2 aliphatic heterocycles. The fraction of sp³-hybridized carbons (Fsp3) is 0.562. The number of rotatable bonds is 5. The fourth-order valence-electron chi connectivity index (χ4n) is 3.05. The highest BCUT2D eigenvalue weighted by atomic mass is 16.5. The van der Waals surface area contributed by atoms with Gasteiger partial charge in [-0.1, -0.05) is 24.3 Å². The van der Waals surface area contributed by atoms with E-state index in [9.17, 15) is 0 Å². The summed E-state index contributed by atoms with van der Waals surface area (Å²) >= 11 is 0. The summed E-state index contributed by atoms with van der Waals surface area (Å²) in [5.74, 6) is 0.636. The van der Waals surface area contributed by atoms with Crippen LogP contribution in [0.4, 0.5) is 0 Å². The number of nitrogens with zero attached hydrogens (tertiary/aromatic N) is 2. The molecule has 2 N–H and O–H groups in total. The molecule has 1 fully saturated rings. The maximum atomic E-state index is 6.06. The first-order chi connectivity index (χ1) is 10.3. The van der Waals surface area contributed by atoms with E-state index in [0.29, 0.717) is 12.6 Å². The SMILES string of the molecule is COCc1ccc(C2CN=C(N)N2CC2CCCO2)cc1. The van der Waals surface area contributed by atoms with E-state index >= 15 is 0 Å². The van der Waals surface area contributed by atoms with Gasteiger partial charge in [-0.05, 0) is 24.0 Å². The van der Waals surface area contributed by atoms with Crippen molar-refractivity contribution in [3.8, 4) is 0 Å². The van der Waals surface area contributed by atoms with Crippen molar-refractivity contribution in [1.82, 2.24) is 4.90 Å². The molecule has 2 unspecified atom stereocenters. The highest BCUT2D eigenvalue weighted by molar-refractivity contribution is 5.80. The third-order valence-electron chi connectivity index (χ3n) is 4.20. The van der Waals surface area contributed by atoms with Crippen LogP contribution in [-0.2, 0) is 16.1 Å². The number of guanidine groups is 1. The number of benzene rings is 1. The predicted octanol–water partition coefficient (Wildman–Crippen LogP) is 1.68. The summed E-state index contributed by atoms with van der Waals surface area (Å²) in [7, 11) is 1.71. The Hall–Kier alpha value is -1.59. The minimum atomic E-state index is 0.228. The molecule has 0 radical (unpaired) electrons. The second kappa shape index (κ2) is 6.45. The van der Waals surface area contributed by atoms with Gasteiger partial charge in [0.05, 0.1) is 25.3 Å². The molecular weight excluding hydrogens is 266 g/mol. The molecule has 1 aromatic rings. The molecule has 3 rings (SSSR count). The molecule has 0 amide bonds. The summed E-state index contributed by atoms with van der Waals surface area (Å²) in [6, 6.07) is 8.74. The summed E-state index contributed by atoms with van der Waals surface area (Å²) in [6.45, 7) is 3.07. The topological polar surface area (TPSA) is 60.1 Å². The van der Waals surface area contributed by atoms with Crippen molar-refractivity contribution < 1.29 is 9.47 Å². The van der Waals surface area contributed by atoms with Gasteiger partial charge < -0.3 is 20.1 Å². The average molecular weight is 289 g/mol. The zero-order chi connectivity index (χ0) is 14.7. The molecule has 2 atom stereocenters. The average Bonchev–Trinajstić information content (AvgIpc) is 3.12. The van der Waals surface area contributed by atoms with Crippen LogP contribution in [0.3, 0.4) is 0 Å². The Kier molecular flexibility index (Phi) is 4.41. The van der Waals surface area contributed by atoms with Gasteiger partial charge in [0.1, 0.15) is 0 Å². The summed E-state index contributed by atoms with van der Waals surface area (Å²) < 4.78 is 10.9. The van der Waals surface area contributed by atoms with Gasteiger partial charge in [0.15, 0.2) is 5.96 Å². The van der Waals surface area contributed by atoms with Crippen LogP contribution in [0.2, 0.25) is 0 Å². The Bertz CT molecular complexity index is 495. The first kappa shape index (κ1) is 14.4. The van der Waals surface area contributed by atoms with Crippen LogP contribution >= 0.6 is 0 Å². The van der Waals surface area contributed by atoms with E-state index in [1.807, 2.05) is 0 Å². The van der Waals surface area contributed by atoms with Crippen molar-refractivity contribution in [3.63, 3.8) is 0 Å². The standard InChI is InChI=1S/C16H23N3O2/c1-20-11-12-4-6-13(7-5-12)15-9-18-16(17)19(15)10-14-3-2-8-21-14/h4-7,14-15H,2-3,8-11H2,1H3,(H2,17,18). The van der Waals surface area contributed by atoms with Crippen LogP contribution in [0.25, 0.3) is 0 Å². The van der Waals surface area contributed by atoms with Crippen molar-refractivity contribution >= 4 is 5.96 Å². The van der Waals surface area contributed by atoms with Gasteiger partial charge >= 0.3 is 0 Å². The predicted molar refractivity (Wildman–Crippen MR) is 82.1 cm³/mol. The number of nitrogens with two attached hydrogens (primary N) is 1. The lowest BCUT2D eigenvalue weighted by atomic mass is 10.0. The van der Waals surface area contributed by atoms with Gasteiger partial charge in [0.2, 0.25) is 0 Å². The van der Waals surface area contributed by atoms with E-state index in [-0.39, 0.29) is 12.1 Å². The van der Waals surface area contributed by atoms with Crippen LogP contribution in [-0.4, -0.2) is 43.8 Å². The van der Waals surface area contributed by atoms with Crippen molar-refractivity contribution in [2.45, 2.75) is 31.6 Å². The third kappa shape index (κ3) is 3.19. The lowest BCUT2D eigenvalue weighted by molar-refractivity contribution is 0.0853. The first-order valence-corrected chi connectivity index (χ1v) is 7.54. The normalized spacial score (nSPS) is 25.4. The molecule has 1 aromatic carbocycles. The van der Waals surface area contributed by atoms with Crippen LogP contribution in [0.5, 0.6) is 0 Å². The van der Waals surface area contributed by atoms with Gasteiger partial charge in [0.25, 0.3) is 0 Å². The van der Waals surface area contributed by atoms with Gasteiger partial charge in [-0.2, -0.15) is 0 Å². The van der Waals surface area contributed by atoms with Gasteiger partial charge in [-0.25, -0.2) is 0 Å². The molecule has 0 aromatic heterocycles. The number of ether oxygens (including phenoxy) is 2. The van der Waals surface area contributed by atoms with Gasteiger partial charge in [0, 0.05) is 20.3 Å². The molecule has 114 valence electrons. The molecular formula is C16H23N3O2. The zero-order valence-electron chi connectivity index (χ0n) is 12.5. The first-order valence-electron chi connectivity index (χ1n) is 7.54. The van der Waals surface area contributed by atoms with Crippen molar-refractivity contribution in [3.05, 3.63) is 35.4 Å². The maximum Gasteiger partial charge on any atom is 0.192 e. The summed E-state index contributed by atoms with van der Waals surface area (Å²) in [5.41, 5.74) is 8.49. The molecule has 5 heteroatoms. The van der Waals surface area contributed by atoms with E-state index in [2.05, 4.69) is 34.2 Å². The molecule has 2 aliphatic rings. The molecule has 0 aliphatic carbocycles. The number of aliphatic imine (C=N–C) groups is 1. The Labute approximate surface area is 125 Å². The molecule has 0 saturated carbocycles. The van der Waals surface area contributed by atoms with Crippen LogP contribution in [0.1, 0.15) is 30.0 Å². The third-order valence-corrected chi connectivity index (χ3v) is 4.20. The highest BCUT2D eigenvalue weighted by Gasteiger charge is 2.30. The van der Waals surface area contributed by atoms with Crippen molar-refractivity contribution in [2.75, 3.05) is 26.8 Å². The van der Waals surface area contributed by atoms with E-state index in [1.165, 1.54) is 11.1 Å². The zero-order valence-corrected chi connectivity index (χ0v) is 12.5.